The molecule has 1 saturated heterocycles. The standard InChI is InChI=1S/C16H22N2O6S/c1-3-23-13-4-6-14(7-5-13)24-11(2)15(19)17-18-16(20)12-8-9-25(21,22)10-12/h4-7,11-12H,3,8-10H2,1-2H3,(H,17,19)(H,18,20)/t11-,12+/m0/s1. The Morgan fingerprint density at radius 1 is 1.20 bits per heavy atom. The van der Waals surface area contributed by atoms with Crippen LogP contribution in [0.4, 0.5) is 0 Å². The Bertz CT molecular complexity index is 717. The molecular formula is C16H22N2O6S. The van der Waals surface area contributed by atoms with Gasteiger partial charge in [0.2, 0.25) is 5.91 Å². The molecule has 0 spiro atoms. The molecule has 0 aliphatic carbocycles. The predicted octanol–water partition coefficient (Wildman–Crippen LogP) is 0.435. The van der Waals surface area contributed by atoms with Gasteiger partial charge in [-0.2, -0.15) is 0 Å². The highest BCUT2D eigenvalue weighted by Crippen LogP contribution is 2.19. The van der Waals surface area contributed by atoms with Crippen molar-refractivity contribution in [1.82, 2.24) is 10.9 Å². The van der Waals surface area contributed by atoms with Gasteiger partial charge in [0.05, 0.1) is 24.0 Å². The lowest BCUT2D eigenvalue weighted by Crippen LogP contribution is -2.49. The molecule has 2 amide bonds. The molecule has 1 aromatic carbocycles. The summed E-state index contributed by atoms with van der Waals surface area (Å²) in [5.41, 5.74) is 4.51. The van der Waals surface area contributed by atoms with E-state index in [1.54, 1.807) is 24.3 Å². The number of carbonyl (C=O) groups excluding carboxylic acids is 2. The highest BCUT2D eigenvalue weighted by atomic mass is 32.2. The average Bonchev–Trinajstić information content (AvgIpc) is 2.94. The molecule has 138 valence electrons. The van der Waals surface area contributed by atoms with Crippen molar-refractivity contribution < 1.29 is 27.5 Å². The summed E-state index contributed by atoms with van der Waals surface area (Å²) in [6, 6.07) is 6.81. The third kappa shape index (κ3) is 5.63. The predicted molar refractivity (Wildman–Crippen MR) is 90.7 cm³/mol. The third-order valence-corrected chi connectivity index (χ3v) is 5.50. The monoisotopic (exact) mass is 370 g/mol. The molecule has 8 nitrogen and oxygen atoms in total. The van der Waals surface area contributed by atoms with Crippen LogP contribution < -0.4 is 20.3 Å². The van der Waals surface area contributed by atoms with Gasteiger partial charge in [0.1, 0.15) is 11.5 Å². The van der Waals surface area contributed by atoms with E-state index in [9.17, 15) is 18.0 Å². The number of sulfone groups is 1. The number of hydrogen-bond acceptors (Lipinski definition) is 6. The summed E-state index contributed by atoms with van der Waals surface area (Å²) in [6.45, 7) is 3.98. The number of hydrazine groups is 1. The van der Waals surface area contributed by atoms with E-state index in [4.69, 9.17) is 9.47 Å². The summed E-state index contributed by atoms with van der Waals surface area (Å²) in [6.07, 6.45) is -0.576. The van der Waals surface area contributed by atoms with Gasteiger partial charge in [-0.25, -0.2) is 8.42 Å². The number of hydrogen-bond donors (Lipinski definition) is 2. The maximum atomic E-state index is 12.0. The molecule has 0 unspecified atom stereocenters. The van der Waals surface area contributed by atoms with Gasteiger partial charge >= 0.3 is 0 Å². The number of ether oxygens (including phenoxy) is 2. The molecule has 0 aromatic heterocycles. The van der Waals surface area contributed by atoms with Crippen molar-refractivity contribution in [2.45, 2.75) is 26.4 Å². The Labute approximate surface area is 146 Å². The fourth-order valence-corrected chi connectivity index (χ4v) is 4.11. The van der Waals surface area contributed by atoms with Crippen LogP contribution in [0.2, 0.25) is 0 Å². The summed E-state index contributed by atoms with van der Waals surface area (Å²) in [5.74, 6) is -0.688. The number of rotatable bonds is 6. The van der Waals surface area contributed by atoms with Crippen LogP contribution in [0.3, 0.4) is 0 Å². The lowest BCUT2D eigenvalue weighted by Gasteiger charge is -2.16. The van der Waals surface area contributed by atoms with E-state index in [0.29, 0.717) is 18.1 Å². The molecule has 1 aliphatic heterocycles. The first-order valence-electron chi connectivity index (χ1n) is 8.00. The lowest BCUT2D eigenvalue weighted by molar-refractivity contribution is -0.134. The molecule has 2 atom stereocenters. The fraction of sp³-hybridized carbons (Fsp3) is 0.500. The first kappa shape index (κ1) is 19.0. The molecule has 2 N–H and O–H groups in total. The minimum atomic E-state index is -3.15. The second kappa shape index (κ2) is 8.19. The van der Waals surface area contributed by atoms with Crippen molar-refractivity contribution in [3.63, 3.8) is 0 Å². The first-order chi connectivity index (χ1) is 11.8. The van der Waals surface area contributed by atoms with Gasteiger partial charge in [0.15, 0.2) is 15.9 Å². The summed E-state index contributed by atoms with van der Waals surface area (Å²) in [7, 11) is -3.15. The molecule has 2 rings (SSSR count). The maximum absolute atomic E-state index is 12.0. The molecule has 0 saturated carbocycles. The van der Waals surface area contributed by atoms with E-state index in [1.165, 1.54) is 6.92 Å². The highest BCUT2D eigenvalue weighted by molar-refractivity contribution is 7.91. The van der Waals surface area contributed by atoms with Crippen molar-refractivity contribution in [2.24, 2.45) is 5.92 Å². The van der Waals surface area contributed by atoms with E-state index in [-0.39, 0.29) is 17.9 Å². The number of carbonyl (C=O) groups is 2. The Morgan fingerprint density at radius 3 is 2.40 bits per heavy atom. The maximum Gasteiger partial charge on any atom is 0.279 e. The largest absolute Gasteiger partial charge is 0.494 e. The number of benzene rings is 1. The van der Waals surface area contributed by atoms with Gasteiger partial charge in [-0.15, -0.1) is 0 Å². The number of amides is 2. The van der Waals surface area contributed by atoms with Crippen molar-refractivity contribution in [1.29, 1.82) is 0 Å². The van der Waals surface area contributed by atoms with Crippen molar-refractivity contribution in [3.05, 3.63) is 24.3 Å². The van der Waals surface area contributed by atoms with Gasteiger partial charge < -0.3 is 9.47 Å². The fourth-order valence-electron chi connectivity index (χ4n) is 2.37. The third-order valence-electron chi connectivity index (χ3n) is 3.73. The van der Waals surface area contributed by atoms with Crippen LogP contribution in [0.1, 0.15) is 20.3 Å². The summed E-state index contributed by atoms with van der Waals surface area (Å²) >= 11 is 0. The van der Waals surface area contributed by atoms with E-state index >= 15 is 0 Å². The Kier molecular flexibility index (Phi) is 6.24. The number of nitrogens with one attached hydrogen (secondary N) is 2. The minimum absolute atomic E-state index is 0.00368. The van der Waals surface area contributed by atoms with Crippen molar-refractivity contribution in [2.75, 3.05) is 18.1 Å². The quantitative estimate of drug-likeness (QED) is 0.703. The van der Waals surface area contributed by atoms with E-state index in [2.05, 4.69) is 10.9 Å². The molecule has 9 heteroatoms. The van der Waals surface area contributed by atoms with Crippen LogP contribution in [-0.2, 0) is 19.4 Å². The molecule has 0 bridgehead atoms. The molecule has 1 heterocycles. The van der Waals surface area contributed by atoms with Gasteiger partial charge in [0, 0.05) is 0 Å². The van der Waals surface area contributed by atoms with E-state index in [1.807, 2.05) is 6.92 Å². The second-order valence-electron chi connectivity index (χ2n) is 5.74. The SMILES string of the molecule is CCOc1ccc(O[C@@H](C)C(=O)NNC(=O)[C@@H]2CCS(=O)(=O)C2)cc1. The summed E-state index contributed by atoms with van der Waals surface area (Å²) in [4.78, 5) is 23.8. The van der Waals surface area contributed by atoms with Gasteiger partial charge in [-0.05, 0) is 44.5 Å². The zero-order valence-electron chi connectivity index (χ0n) is 14.2. The molecule has 25 heavy (non-hydrogen) atoms. The minimum Gasteiger partial charge on any atom is -0.494 e. The molecule has 0 radical (unpaired) electrons. The molecule has 1 aromatic rings. The van der Waals surface area contributed by atoms with Crippen LogP contribution in [-0.4, -0.2) is 44.4 Å². The van der Waals surface area contributed by atoms with Crippen molar-refractivity contribution in [3.8, 4) is 11.5 Å². The second-order valence-corrected chi connectivity index (χ2v) is 7.97. The lowest BCUT2D eigenvalue weighted by atomic mass is 10.1. The Hall–Kier alpha value is -2.29. The zero-order valence-corrected chi connectivity index (χ0v) is 15.0. The van der Waals surface area contributed by atoms with Crippen LogP contribution >= 0.6 is 0 Å². The first-order valence-corrected chi connectivity index (χ1v) is 9.82. The molecule has 1 aliphatic rings. The van der Waals surface area contributed by atoms with Crippen LogP contribution in [0, 0.1) is 5.92 Å². The van der Waals surface area contributed by atoms with Crippen LogP contribution in [0.5, 0.6) is 11.5 Å². The zero-order chi connectivity index (χ0) is 18.4. The summed E-state index contributed by atoms with van der Waals surface area (Å²) in [5, 5.41) is 0. The van der Waals surface area contributed by atoms with Gasteiger partial charge in [-0.3, -0.25) is 20.4 Å². The molecular weight excluding hydrogens is 348 g/mol. The van der Waals surface area contributed by atoms with E-state index in [0.717, 1.165) is 0 Å². The van der Waals surface area contributed by atoms with Gasteiger partial charge in [-0.1, -0.05) is 0 Å². The van der Waals surface area contributed by atoms with Gasteiger partial charge in [0.25, 0.3) is 5.91 Å². The topological polar surface area (TPSA) is 111 Å². The highest BCUT2D eigenvalue weighted by Gasteiger charge is 2.33. The average molecular weight is 370 g/mol. The van der Waals surface area contributed by atoms with Crippen LogP contribution in [0.15, 0.2) is 24.3 Å². The van der Waals surface area contributed by atoms with Crippen LogP contribution in [0.25, 0.3) is 0 Å². The Morgan fingerprint density at radius 2 is 1.84 bits per heavy atom. The normalized spacial score (nSPS) is 19.7. The summed E-state index contributed by atoms with van der Waals surface area (Å²) < 4.78 is 33.5. The Balaban J connectivity index is 1.79. The van der Waals surface area contributed by atoms with E-state index < -0.39 is 33.7 Å². The molecule has 1 fully saturated rings. The smallest absolute Gasteiger partial charge is 0.279 e. The van der Waals surface area contributed by atoms with Crippen molar-refractivity contribution >= 4 is 21.7 Å².